The maximum Gasteiger partial charge on any atom is 0.238 e. The van der Waals surface area contributed by atoms with Gasteiger partial charge in [-0.25, -0.2) is 4.98 Å². The first-order chi connectivity index (χ1) is 21.8. The Kier molecular flexibility index (Phi) is 5.36. The molecule has 5 aromatic carbocycles. The van der Waals surface area contributed by atoms with Gasteiger partial charge >= 0.3 is 0 Å². The van der Waals surface area contributed by atoms with Gasteiger partial charge in [0.05, 0.1) is 34.5 Å². The van der Waals surface area contributed by atoms with Crippen LogP contribution in [0.5, 0.6) is 0 Å². The van der Waals surface area contributed by atoms with Crippen LogP contribution in [0.2, 0.25) is 0 Å². The van der Waals surface area contributed by atoms with E-state index in [-0.39, 0.29) is 0 Å². The molecule has 206 valence electrons. The number of aromatic nitrogens is 7. The summed E-state index contributed by atoms with van der Waals surface area (Å²) in [6.07, 6.45) is 3.69. The topological polar surface area (TPSA) is 74.3 Å². The molecule has 9 aromatic rings. The Bertz CT molecular complexity index is 2420. The molecule has 7 heteroatoms. The van der Waals surface area contributed by atoms with Crippen molar-refractivity contribution in [2.75, 3.05) is 0 Å². The van der Waals surface area contributed by atoms with E-state index >= 15 is 0 Å². The number of benzene rings is 5. The Balaban J connectivity index is 1.41. The lowest BCUT2D eigenvalue weighted by atomic mass is 10.1. The van der Waals surface area contributed by atoms with Gasteiger partial charge in [-0.3, -0.25) is 4.57 Å². The van der Waals surface area contributed by atoms with Crippen LogP contribution in [0.1, 0.15) is 0 Å². The number of hydrogen-bond acceptors (Lipinski definition) is 5. The zero-order chi connectivity index (χ0) is 29.0. The van der Waals surface area contributed by atoms with E-state index in [1.54, 1.807) is 0 Å². The molecule has 0 aliphatic rings. The summed E-state index contributed by atoms with van der Waals surface area (Å²) in [6, 6.07) is 43.4. The van der Waals surface area contributed by atoms with Crippen molar-refractivity contribution in [3.8, 4) is 34.4 Å². The van der Waals surface area contributed by atoms with Crippen LogP contribution in [0.25, 0.3) is 78.0 Å². The molecule has 44 heavy (non-hydrogen) atoms. The first-order valence-corrected chi connectivity index (χ1v) is 14.4. The zero-order valence-electron chi connectivity index (χ0n) is 23.4. The van der Waals surface area contributed by atoms with Gasteiger partial charge in [-0.05, 0) is 30.3 Å². The van der Waals surface area contributed by atoms with Crippen molar-refractivity contribution in [1.82, 2.24) is 34.3 Å². The van der Waals surface area contributed by atoms with Gasteiger partial charge in [0.1, 0.15) is 0 Å². The Labute approximate surface area is 251 Å². The molecule has 0 aliphatic heterocycles. The molecule has 7 nitrogen and oxygen atoms in total. The molecule has 0 radical (unpaired) electrons. The molecule has 0 bridgehead atoms. The van der Waals surface area contributed by atoms with Crippen molar-refractivity contribution in [2.24, 2.45) is 0 Å². The number of nitrogens with zero attached hydrogens (tertiary/aromatic N) is 7. The molecule has 0 N–H and O–H groups in total. The molecule has 0 saturated heterocycles. The minimum absolute atomic E-state index is 0.564. The summed E-state index contributed by atoms with van der Waals surface area (Å²) in [5.41, 5.74) is 7.00. The fourth-order valence-electron chi connectivity index (χ4n) is 6.20. The third-order valence-corrected chi connectivity index (χ3v) is 8.17. The van der Waals surface area contributed by atoms with E-state index < -0.39 is 0 Å². The largest absolute Gasteiger partial charge is 0.307 e. The highest BCUT2D eigenvalue weighted by Crippen LogP contribution is 2.39. The number of fused-ring (bicyclic) bond motifs is 6. The van der Waals surface area contributed by atoms with Crippen molar-refractivity contribution in [3.63, 3.8) is 0 Å². The molecule has 0 atom stereocenters. The van der Waals surface area contributed by atoms with E-state index in [9.17, 15) is 0 Å². The minimum atomic E-state index is 0.564. The van der Waals surface area contributed by atoms with Crippen LogP contribution in [0, 0.1) is 0 Å². The lowest BCUT2D eigenvalue weighted by molar-refractivity contribution is 0.953. The van der Waals surface area contributed by atoms with Gasteiger partial charge in [0, 0.05) is 38.4 Å². The van der Waals surface area contributed by atoms with Gasteiger partial charge < -0.3 is 4.57 Å². The molecular weight excluding hydrogens is 542 g/mol. The number of para-hydroxylation sites is 2. The van der Waals surface area contributed by atoms with Gasteiger partial charge in [0.15, 0.2) is 11.6 Å². The number of rotatable bonds is 4. The third kappa shape index (κ3) is 3.73. The summed E-state index contributed by atoms with van der Waals surface area (Å²) in [7, 11) is 0. The third-order valence-electron chi connectivity index (χ3n) is 8.17. The monoisotopic (exact) mass is 565 g/mol. The Morgan fingerprint density at radius 1 is 0.386 bits per heavy atom. The first-order valence-electron chi connectivity index (χ1n) is 14.4. The van der Waals surface area contributed by atoms with Gasteiger partial charge in [0.25, 0.3) is 0 Å². The lowest BCUT2D eigenvalue weighted by Gasteiger charge is -2.11. The Morgan fingerprint density at radius 3 is 1.66 bits per heavy atom. The van der Waals surface area contributed by atoms with Gasteiger partial charge in [-0.15, -0.1) is 0 Å². The van der Waals surface area contributed by atoms with E-state index in [1.165, 1.54) is 0 Å². The summed E-state index contributed by atoms with van der Waals surface area (Å²) in [4.78, 5) is 15.1. The van der Waals surface area contributed by atoms with Crippen LogP contribution in [0.15, 0.2) is 140 Å². The maximum absolute atomic E-state index is 5.09. The predicted octanol–water partition coefficient (Wildman–Crippen LogP) is 8.19. The van der Waals surface area contributed by atoms with E-state index in [0.29, 0.717) is 17.6 Å². The van der Waals surface area contributed by atoms with E-state index in [4.69, 9.17) is 15.0 Å². The maximum atomic E-state index is 5.09. The quantitative estimate of drug-likeness (QED) is 0.215. The molecule has 0 amide bonds. The molecule has 0 saturated carbocycles. The Morgan fingerprint density at radius 2 is 0.955 bits per heavy atom. The zero-order valence-corrected chi connectivity index (χ0v) is 23.4. The van der Waals surface area contributed by atoms with Crippen LogP contribution in [0.4, 0.5) is 0 Å². The fraction of sp³-hybridized carbons (Fsp3) is 0. The average Bonchev–Trinajstić information content (AvgIpc) is 3.60. The normalized spacial score (nSPS) is 11.6. The van der Waals surface area contributed by atoms with Crippen molar-refractivity contribution in [2.45, 2.75) is 0 Å². The van der Waals surface area contributed by atoms with E-state index in [1.807, 2.05) is 79.1 Å². The smallest absolute Gasteiger partial charge is 0.238 e. The SMILES string of the molecule is c1ccc(-c2nc(-c3ccccc3)nc(-n3c4ccccc4c4cc5c6cnncc6n(-c6ccccc6)c5cc43)n2)cc1. The van der Waals surface area contributed by atoms with E-state index in [0.717, 1.165) is 60.4 Å². The molecule has 4 aromatic heterocycles. The van der Waals surface area contributed by atoms with Crippen LogP contribution >= 0.6 is 0 Å². The standard InChI is InChI=1S/C37H23N7/c1-4-12-24(13-5-1)35-40-36(25-14-6-2-7-15-25)42-37(41-35)44-31-19-11-10-18-27(31)28-20-29-30-22-38-39-23-34(30)43(32(29)21-33(28)44)26-16-8-3-9-17-26/h1-23H. The van der Waals surface area contributed by atoms with Gasteiger partial charge in [-0.2, -0.15) is 20.2 Å². The molecular formula is C37H23N7. The van der Waals surface area contributed by atoms with Crippen molar-refractivity contribution >= 4 is 43.6 Å². The highest BCUT2D eigenvalue weighted by molar-refractivity contribution is 6.18. The second kappa shape index (κ2) is 9.68. The van der Waals surface area contributed by atoms with Crippen molar-refractivity contribution < 1.29 is 0 Å². The molecule has 0 aliphatic carbocycles. The van der Waals surface area contributed by atoms with Gasteiger partial charge in [0.2, 0.25) is 5.95 Å². The van der Waals surface area contributed by atoms with Crippen LogP contribution in [-0.4, -0.2) is 34.3 Å². The average molecular weight is 566 g/mol. The van der Waals surface area contributed by atoms with Crippen LogP contribution < -0.4 is 0 Å². The molecule has 4 heterocycles. The fourth-order valence-corrected chi connectivity index (χ4v) is 6.20. The minimum Gasteiger partial charge on any atom is -0.307 e. The summed E-state index contributed by atoms with van der Waals surface area (Å²) in [5.74, 6) is 1.81. The molecule has 9 rings (SSSR count). The molecule has 0 unspecified atom stereocenters. The highest BCUT2D eigenvalue weighted by Gasteiger charge is 2.21. The second-order valence-electron chi connectivity index (χ2n) is 10.7. The van der Waals surface area contributed by atoms with Crippen molar-refractivity contribution in [3.05, 3.63) is 140 Å². The lowest BCUT2D eigenvalue weighted by Crippen LogP contribution is -2.06. The molecule has 0 fully saturated rings. The first kappa shape index (κ1) is 24.4. The van der Waals surface area contributed by atoms with Crippen molar-refractivity contribution in [1.29, 1.82) is 0 Å². The van der Waals surface area contributed by atoms with Gasteiger partial charge in [-0.1, -0.05) is 97.1 Å². The molecule has 0 spiro atoms. The predicted molar refractivity (Wildman–Crippen MR) is 175 cm³/mol. The van der Waals surface area contributed by atoms with Crippen LogP contribution in [-0.2, 0) is 0 Å². The Hall–Kier alpha value is -6.21. The second-order valence-corrected chi connectivity index (χ2v) is 10.7. The summed E-state index contributed by atoms with van der Waals surface area (Å²) in [6.45, 7) is 0. The van der Waals surface area contributed by atoms with Crippen LogP contribution in [0.3, 0.4) is 0 Å². The summed E-state index contributed by atoms with van der Waals surface area (Å²) >= 11 is 0. The van der Waals surface area contributed by atoms with E-state index in [2.05, 4.69) is 80.0 Å². The summed E-state index contributed by atoms with van der Waals surface area (Å²) < 4.78 is 4.41. The highest BCUT2D eigenvalue weighted by atomic mass is 15.2. The number of hydrogen-bond donors (Lipinski definition) is 0. The summed E-state index contributed by atoms with van der Waals surface area (Å²) in [5, 5.41) is 12.9.